The zero-order chi connectivity index (χ0) is 22.3. The maximum atomic E-state index is 12.9. The highest BCUT2D eigenvalue weighted by atomic mass is 35.5. The number of aliphatic hydroxyl groups is 1. The van der Waals surface area contributed by atoms with Crippen LogP contribution in [-0.2, 0) is 16.1 Å². The molecule has 8 nitrogen and oxygen atoms in total. The van der Waals surface area contributed by atoms with E-state index in [0.717, 1.165) is 30.5 Å². The summed E-state index contributed by atoms with van der Waals surface area (Å²) < 4.78 is 1.80. The summed E-state index contributed by atoms with van der Waals surface area (Å²) in [4.78, 5) is 28.5. The Morgan fingerprint density at radius 1 is 1.26 bits per heavy atom. The topological polar surface area (TPSA) is 109 Å². The first-order valence-corrected chi connectivity index (χ1v) is 11.0. The normalized spacial score (nSPS) is 24.5. The number of aliphatic hydroxyl groups excluding tert-OH is 1. The minimum atomic E-state index is -0.666. The summed E-state index contributed by atoms with van der Waals surface area (Å²) in [7, 11) is 0. The van der Waals surface area contributed by atoms with E-state index in [4.69, 9.17) is 11.6 Å². The first kappa shape index (κ1) is 21.8. The molecule has 2 aromatic rings. The quantitative estimate of drug-likeness (QED) is 0.668. The average molecular weight is 446 g/mol. The molecule has 1 unspecified atom stereocenters. The molecule has 0 radical (unpaired) electrons. The lowest BCUT2D eigenvalue weighted by molar-refractivity contribution is -0.123. The Kier molecular flexibility index (Phi) is 5.79. The van der Waals surface area contributed by atoms with Crippen LogP contribution in [0.3, 0.4) is 0 Å². The number of anilines is 1. The number of hydrogen-bond donors (Lipinski definition) is 3. The second kappa shape index (κ2) is 8.24. The van der Waals surface area contributed by atoms with Crippen molar-refractivity contribution >= 4 is 29.2 Å². The van der Waals surface area contributed by atoms with Gasteiger partial charge < -0.3 is 15.7 Å². The highest BCUT2D eigenvalue weighted by Crippen LogP contribution is 2.46. The third-order valence-corrected chi connectivity index (χ3v) is 6.59. The molecule has 0 bridgehead atoms. The smallest absolute Gasteiger partial charge is 0.228 e. The predicted molar refractivity (Wildman–Crippen MR) is 117 cm³/mol. The summed E-state index contributed by atoms with van der Waals surface area (Å²) in [6.45, 7) is 6.10. The number of aromatic nitrogens is 3. The van der Waals surface area contributed by atoms with Crippen molar-refractivity contribution in [1.29, 1.82) is 0 Å². The molecule has 3 heterocycles. The monoisotopic (exact) mass is 445 g/mol. The van der Waals surface area contributed by atoms with Crippen LogP contribution in [0.5, 0.6) is 0 Å². The third kappa shape index (κ3) is 4.32. The zero-order valence-corrected chi connectivity index (χ0v) is 18.7. The van der Waals surface area contributed by atoms with E-state index in [2.05, 4.69) is 20.7 Å². The van der Waals surface area contributed by atoms with Crippen molar-refractivity contribution in [3.63, 3.8) is 0 Å². The first-order chi connectivity index (χ1) is 14.7. The summed E-state index contributed by atoms with van der Waals surface area (Å²) in [5.74, 6) is 0.0265. The number of rotatable bonds is 4. The van der Waals surface area contributed by atoms with Gasteiger partial charge in [0.05, 0.1) is 16.9 Å². The summed E-state index contributed by atoms with van der Waals surface area (Å²) in [5, 5.41) is 21.4. The van der Waals surface area contributed by atoms with E-state index in [0.29, 0.717) is 29.4 Å². The fraction of sp³-hybridized carbons (Fsp3) is 0.545. The van der Waals surface area contributed by atoms with Gasteiger partial charge in [-0.25, -0.2) is 4.98 Å². The van der Waals surface area contributed by atoms with E-state index in [-0.39, 0.29) is 29.2 Å². The Hall–Kier alpha value is -2.45. The van der Waals surface area contributed by atoms with Crippen molar-refractivity contribution in [3.8, 4) is 11.1 Å². The fourth-order valence-electron chi connectivity index (χ4n) is 4.65. The van der Waals surface area contributed by atoms with Gasteiger partial charge >= 0.3 is 0 Å². The summed E-state index contributed by atoms with van der Waals surface area (Å²) in [5.41, 5.74) is 1.82. The van der Waals surface area contributed by atoms with Crippen LogP contribution in [0.1, 0.15) is 58.3 Å². The average Bonchev–Trinajstić information content (AvgIpc) is 3.20. The van der Waals surface area contributed by atoms with Crippen LogP contribution in [0.4, 0.5) is 5.82 Å². The number of hydrogen-bond acceptors (Lipinski definition) is 5. The lowest BCUT2D eigenvalue weighted by Gasteiger charge is -2.28. The van der Waals surface area contributed by atoms with Crippen molar-refractivity contribution in [1.82, 2.24) is 20.1 Å². The maximum absolute atomic E-state index is 12.9. The molecular weight excluding hydrogens is 418 g/mol. The number of amides is 2. The SMILES string of the molecule is CC(=O)N[C@@H]1CCC[C@@H](C(=O)Nc2cc(-c3cnn4c3C(O)C(C)(C)C4)c(Cl)cn2)C1. The molecule has 2 aliphatic rings. The largest absolute Gasteiger partial charge is 0.386 e. The second-order valence-electron chi connectivity index (χ2n) is 9.29. The molecule has 9 heteroatoms. The van der Waals surface area contributed by atoms with Crippen molar-refractivity contribution in [2.45, 2.75) is 65.1 Å². The molecule has 3 atom stereocenters. The number of nitrogens with one attached hydrogen (secondary N) is 2. The van der Waals surface area contributed by atoms with Gasteiger partial charge in [-0.2, -0.15) is 5.10 Å². The summed E-state index contributed by atoms with van der Waals surface area (Å²) in [6, 6.07) is 1.75. The van der Waals surface area contributed by atoms with Crippen molar-refractivity contribution in [3.05, 3.63) is 29.2 Å². The fourth-order valence-corrected chi connectivity index (χ4v) is 4.85. The number of carbonyl (C=O) groups is 2. The van der Waals surface area contributed by atoms with Gasteiger partial charge in [-0.3, -0.25) is 14.3 Å². The van der Waals surface area contributed by atoms with Gasteiger partial charge in [-0.15, -0.1) is 0 Å². The molecule has 3 N–H and O–H groups in total. The number of carbonyl (C=O) groups excluding carboxylic acids is 2. The molecule has 1 aliphatic carbocycles. The Balaban J connectivity index is 1.54. The Morgan fingerprint density at radius 3 is 2.77 bits per heavy atom. The lowest BCUT2D eigenvalue weighted by Crippen LogP contribution is -2.40. The number of nitrogens with zero attached hydrogens (tertiary/aromatic N) is 3. The molecule has 0 saturated heterocycles. The van der Waals surface area contributed by atoms with Crippen molar-refractivity contribution in [2.75, 3.05) is 5.32 Å². The lowest BCUT2D eigenvalue weighted by atomic mass is 9.85. The molecule has 2 aromatic heterocycles. The standard InChI is InChI=1S/C22H28ClN5O3/c1-12(29)26-14-6-4-5-13(7-14)21(31)27-18-8-15(17(23)10-24-18)16-9-25-28-11-22(2,3)20(30)19(16)28/h8-10,13-14,20,30H,4-7,11H2,1-3H3,(H,26,29)(H,24,27,31)/t13-,14-,20?/m1/s1. The second-order valence-corrected chi connectivity index (χ2v) is 9.70. The third-order valence-electron chi connectivity index (χ3n) is 6.29. The molecule has 1 aliphatic heterocycles. The molecule has 4 rings (SSSR count). The van der Waals surface area contributed by atoms with Crippen molar-refractivity contribution < 1.29 is 14.7 Å². The van der Waals surface area contributed by atoms with Crippen LogP contribution >= 0.6 is 11.6 Å². The summed E-state index contributed by atoms with van der Waals surface area (Å²) in [6.07, 6.45) is 5.70. The number of halogens is 1. The van der Waals surface area contributed by atoms with Crippen LogP contribution in [0, 0.1) is 11.3 Å². The van der Waals surface area contributed by atoms with Gasteiger partial charge in [0, 0.05) is 48.2 Å². The van der Waals surface area contributed by atoms with Crippen LogP contribution in [-0.4, -0.2) is 37.7 Å². The van der Waals surface area contributed by atoms with E-state index in [9.17, 15) is 14.7 Å². The van der Waals surface area contributed by atoms with Crippen LogP contribution in [0.25, 0.3) is 11.1 Å². The van der Waals surface area contributed by atoms with E-state index in [1.165, 1.54) is 13.1 Å². The molecule has 166 valence electrons. The van der Waals surface area contributed by atoms with Crippen LogP contribution in [0.2, 0.25) is 5.02 Å². The Morgan fingerprint density at radius 2 is 2.03 bits per heavy atom. The molecule has 1 saturated carbocycles. The van der Waals surface area contributed by atoms with Crippen molar-refractivity contribution in [2.24, 2.45) is 11.3 Å². The molecule has 0 spiro atoms. The van der Waals surface area contributed by atoms with E-state index >= 15 is 0 Å². The van der Waals surface area contributed by atoms with Gasteiger partial charge in [-0.1, -0.05) is 31.9 Å². The van der Waals surface area contributed by atoms with Gasteiger partial charge in [0.2, 0.25) is 11.8 Å². The summed E-state index contributed by atoms with van der Waals surface area (Å²) >= 11 is 6.43. The minimum Gasteiger partial charge on any atom is -0.386 e. The number of fused-ring (bicyclic) bond motifs is 1. The van der Waals surface area contributed by atoms with Gasteiger partial charge in [0.15, 0.2) is 0 Å². The van der Waals surface area contributed by atoms with Crippen LogP contribution in [0.15, 0.2) is 18.5 Å². The Labute approximate surface area is 186 Å². The highest BCUT2D eigenvalue weighted by molar-refractivity contribution is 6.33. The number of pyridine rings is 1. The molecule has 0 aromatic carbocycles. The predicted octanol–water partition coefficient (Wildman–Crippen LogP) is 3.31. The highest BCUT2D eigenvalue weighted by Gasteiger charge is 2.41. The molecule has 1 fully saturated rings. The minimum absolute atomic E-state index is 0.0237. The molecule has 31 heavy (non-hydrogen) atoms. The van der Waals surface area contributed by atoms with E-state index in [1.807, 2.05) is 13.8 Å². The van der Waals surface area contributed by atoms with Crippen LogP contribution < -0.4 is 10.6 Å². The molecule has 2 amide bonds. The Bertz CT molecular complexity index is 1020. The van der Waals surface area contributed by atoms with Gasteiger partial charge in [0.1, 0.15) is 11.9 Å². The first-order valence-electron chi connectivity index (χ1n) is 10.6. The zero-order valence-electron chi connectivity index (χ0n) is 18.0. The van der Waals surface area contributed by atoms with Gasteiger partial charge in [0.25, 0.3) is 0 Å². The molecular formula is C22H28ClN5O3. The maximum Gasteiger partial charge on any atom is 0.228 e. The van der Waals surface area contributed by atoms with Gasteiger partial charge in [-0.05, 0) is 25.3 Å². The van der Waals surface area contributed by atoms with E-state index in [1.54, 1.807) is 16.9 Å². The van der Waals surface area contributed by atoms with E-state index < -0.39 is 6.10 Å².